The van der Waals surface area contributed by atoms with Crippen molar-refractivity contribution < 1.29 is 22.1 Å². The summed E-state index contributed by atoms with van der Waals surface area (Å²) in [6.45, 7) is 6.75. The van der Waals surface area contributed by atoms with E-state index >= 15 is 0 Å². The molecular formula is C21H25ClN2O. The molecule has 3 nitrogen and oxygen atoms in total. The van der Waals surface area contributed by atoms with Crippen molar-refractivity contribution in [3.8, 4) is 0 Å². The molecule has 1 heterocycles. The molecule has 0 bridgehead atoms. The van der Waals surface area contributed by atoms with Gasteiger partial charge in [-0.1, -0.05) is 54.1 Å². The first-order valence-corrected chi connectivity index (χ1v) is 8.63. The van der Waals surface area contributed by atoms with Gasteiger partial charge in [-0.3, -0.25) is 4.79 Å². The van der Waals surface area contributed by atoms with E-state index in [2.05, 4.69) is 36.4 Å². The Bertz CT molecular complexity index is 690. The maximum atomic E-state index is 12.5. The molecule has 1 fully saturated rings. The van der Waals surface area contributed by atoms with E-state index in [1.54, 1.807) is 0 Å². The highest BCUT2D eigenvalue weighted by Crippen LogP contribution is 2.07. The quantitative estimate of drug-likeness (QED) is 0.751. The molecule has 1 amide bonds. The number of carbonyl (C=O) groups is 1. The van der Waals surface area contributed by atoms with Crippen LogP contribution < -0.4 is 17.3 Å². The van der Waals surface area contributed by atoms with Crippen molar-refractivity contribution >= 4 is 12.0 Å². The first kappa shape index (κ1) is 19.2. The normalized spacial score (nSPS) is 15.2. The Kier molecular flexibility index (Phi) is 7.23. The Morgan fingerprint density at radius 2 is 1.68 bits per heavy atom. The van der Waals surface area contributed by atoms with E-state index in [-0.39, 0.29) is 18.3 Å². The van der Waals surface area contributed by atoms with E-state index in [1.165, 1.54) is 16.0 Å². The molecule has 0 unspecified atom stereocenters. The van der Waals surface area contributed by atoms with Gasteiger partial charge in [0.25, 0.3) is 5.91 Å². The number of quaternary nitrogens is 1. The van der Waals surface area contributed by atoms with E-state index in [4.69, 9.17) is 0 Å². The van der Waals surface area contributed by atoms with Crippen LogP contribution in [0.5, 0.6) is 0 Å². The number of nitrogens with zero attached hydrogens (tertiary/aromatic N) is 1. The Hall–Kier alpha value is -2.10. The number of rotatable bonds is 4. The van der Waals surface area contributed by atoms with Crippen molar-refractivity contribution in [3.63, 3.8) is 0 Å². The molecule has 1 saturated heterocycles. The van der Waals surface area contributed by atoms with Gasteiger partial charge in [0.05, 0.1) is 32.7 Å². The van der Waals surface area contributed by atoms with Crippen LogP contribution in [0.2, 0.25) is 0 Å². The number of aryl methyl sites for hydroxylation is 1. The van der Waals surface area contributed by atoms with Gasteiger partial charge >= 0.3 is 0 Å². The Balaban J connectivity index is 0.00000225. The third kappa shape index (κ3) is 5.45. The molecule has 0 aromatic heterocycles. The summed E-state index contributed by atoms with van der Waals surface area (Å²) in [4.78, 5) is 16.0. The molecule has 2 aromatic rings. The molecule has 25 heavy (non-hydrogen) atoms. The van der Waals surface area contributed by atoms with Gasteiger partial charge < -0.3 is 22.2 Å². The molecule has 1 aliphatic heterocycles. The second-order valence-corrected chi connectivity index (χ2v) is 6.43. The van der Waals surface area contributed by atoms with Crippen LogP contribution in [0.15, 0.2) is 60.7 Å². The van der Waals surface area contributed by atoms with Crippen LogP contribution >= 0.6 is 0 Å². The summed E-state index contributed by atoms with van der Waals surface area (Å²) >= 11 is 0. The number of nitrogens with one attached hydrogen (secondary N) is 1. The maximum Gasteiger partial charge on any atom is 0.254 e. The van der Waals surface area contributed by atoms with Crippen molar-refractivity contribution in [2.45, 2.75) is 6.92 Å². The first-order valence-electron chi connectivity index (χ1n) is 8.63. The van der Waals surface area contributed by atoms with Crippen LogP contribution in [0.3, 0.4) is 0 Å². The lowest BCUT2D eigenvalue weighted by atomic mass is 10.1. The van der Waals surface area contributed by atoms with Crippen LogP contribution in [-0.2, 0) is 0 Å². The number of hydrogen-bond donors (Lipinski definition) is 1. The molecule has 0 saturated carbocycles. The van der Waals surface area contributed by atoms with Gasteiger partial charge in [-0.25, -0.2) is 0 Å². The molecule has 0 aliphatic carbocycles. The minimum atomic E-state index is 0. The van der Waals surface area contributed by atoms with Gasteiger partial charge in [0.1, 0.15) is 0 Å². The van der Waals surface area contributed by atoms with Crippen molar-refractivity contribution in [1.82, 2.24) is 4.90 Å². The average Bonchev–Trinajstić information content (AvgIpc) is 2.63. The van der Waals surface area contributed by atoms with E-state index in [9.17, 15) is 4.79 Å². The minimum Gasteiger partial charge on any atom is -1.00 e. The summed E-state index contributed by atoms with van der Waals surface area (Å²) in [5.41, 5.74) is 3.23. The summed E-state index contributed by atoms with van der Waals surface area (Å²) in [5.74, 6) is 0.161. The van der Waals surface area contributed by atoms with Crippen molar-refractivity contribution in [2.75, 3.05) is 32.7 Å². The zero-order valence-corrected chi connectivity index (χ0v) is 15.4. The third-order valence-corrected chi connectivity index (χ3v) is 4.57. The van der Waals surface area contributed by atoms with Gasteiger partial charge in [-0.05, 0) is 30.7 Å². The van der Waals surface area contributed by atoms with Gasteiger partial charge in [0.15, 0.2) is 0 Å². The molecule has 1 N–H and O–H groups in total. The monoisotopic (exact) mass is 356 g/mol. The molecule has 132 valence electrons. The number of benzene rings is 2. The van der Waals surface area contributed by atoms with E-state index in [0.717, 1.165) is 38.3 Å². The minimum absolute atomic E-state index is 0. The Morgan fingerprint density at radius 3 is 2.32 bits per heavy atom. The summed E-state index contributed by atoms with van der Waals surface area (Å²) in [6.07, 6.45) is 4.42. The average molecular weight is 357 g/mol. The largest absolute Gasteiger partial charge is 1.00 e. The number of hydrogen-bond acceptors (Lipinski definition) is 1. The summed E-state index contributed by atoms with van der Waals surface area (Å²) in [5, 5.41) is 0. The molecule has 1 aliphatic rings. The van der Waals surface area contributed by atoms with E-state index in [1.807, 2.05) is 42.2 Å². The van der Waals surface area contributed by atoms with Gasteiger partial charge in [0, 0.05) is 5.56 Å². The first-order chi connectivity index (χ1) is 11.7. The maximum absolute atomic E-state index is 12.5. The zero-order valence-electron chi connectivity index (χ0n) is 14.6. The fourth-order valence-corrected chi connectivity index (χ4v) is 3.03. The molecule has 0 atom stereocenters. The predicted octanol–water partition coefficient (Wildman–Crippen LogP) is -0.947. The molecular weight excluding hydrogens is 332 g/mol. The topological polar surface area (TPSA) is 24.8 Å². The second kappa shape index (κ2) is 9.40. The molecule has 0 radical (unpaired) electrons. The zero-order chi connectivity index (χ0) is 16.8. The third-order valence-electron chi connectivity index (χ3n) is 4.57. The lowest BCUT2D eigenvalue weighted by molar-refractivity contribution is -0.898. The summed E-state index contributed by atoms with van der Waals surface area (Å²) in [6, 6.07) is 18.2. The van der Waals surface area contributed by atoms with Crippen molar-refractivity contribution in [3.05, 3.63) is 77.4 Å². The highest BCUT2D eigenvalue weighted by molar-refractivity contribution is 5.94. The Morgan fingerprint density at radius 1 is 1.04 bits per heavy atom. The second-order valence-electron chi connectivity index (χ2n) is 6.43. The standard InChI is InChI=1S/C21H24N2O.ClH/c1-18-9-11-20(12-10-18)21(24)23-16-14-22(15-17-23)13-5-8-19-6-3-2-4-7-19;/h2-12H,13-17H2,1H3;1H/b8-5+;. The fourth-order valence-electron chi connectivity index (χ4n) is 3.03. The predicted molar refractivity (Wildman–Crippen MR) is 98.1 cm³/mol. The van der Waals surface area contributed by atoms with Crippen molar-refractivity contribution in [2.24, 2.45) is 0 Å². The highest BCUT2D eigenvalue weighted by atomic mass is 35.5. The van der Waals surface area contributed by atoms with E-state index < -0.39 is 0 Å². The molecule has 0 spiro atoms. The number of halogens is 1. The molecule has 4 heteroatoms. The lowest BCUT2D eigenvalue weighted by Crippen LogP contribution is -3.14. The summed E-state index contributed by atoms with van der Waals surface area (Å²) in [7, 11) is 0. The van der Waals surface area contributed by atoms with Crippen LogP contribution in [-0.4, -0.2) is 43.5 Å². The van der Waals surface area contributed by atoms with Crippen LogP contribution in [0.4, 0.5) is 0 Å². The fraction of sp³-hybridized carbons (Fsp3) is 0.286. The van der Waals surface area contributed by atoms with Crippen molar-refractivity contribution in [1.29, 1.82) is 0 Å². The van der Waals surface area contributed by atoms with Gasteiger partial charge in [0.2, 0.25) is 0 Å². The van der Waals surface area contributed by atoms with Crippen LogP contribution in [0.1, 0.15) is 21.5 Å². The van der Waals surface area contributed by atoms with Gasteiger partial charge in [-0.15, -0.1) is 0 Å². The lowest BCUT2D eigenvalue weighted by Gasteiger charge is -2.31. The number of piperazine rings is 1. The Labute approximate surface area is 156 Å². The van der Waals surface area contributed by atoms with Crippen LogP contribution in [0, 0.1) is 6.92 Å². The molecule has 2 aromatic carbocycles. The van der Waals surface area contributed by atoms with Gasteiger partial charge in [-0.2, -0.15) is 0 Å². The SMILES string of the molecule is Cc1ccc(C(=O)N2CC[NH+](C/C=C/c3ccccc3)CC2)cc1.[Cl-]. The number of amides is 1. The smallest absolute Gasteiger partial charge is 0.254 e. The number of carbonyl (C=O) groups excluding carboxylic acids is 1. The van der Waals surface area contributed by atoms with E-state index in [0.29, 0.717) is 0 Å². The summed E-state index contributed by atoms with van der Waals surface area (Å²) < 4.78 is 0. The molecule has 3 rings (SSSR count). The highest BCUT2D eigenvalue weighted by Gasteiger charge is 2.23. The van der Waals surface area contributed by atoms with Crippen LogP contribution in [0.25, 0.3) is 6.08 Å².